The second kappa shape index (κ2) is 5.14. The van der Waals surface area contributed by atoms with E-state index in [-0.39, 0.29) is 5.41 Å². The van der Waals surface area contributed by atoms with E-state index in [1.807, 2.05) is 12.1 Å². The van der Waals surface area contributed by atoms with Gasteiger partial charge in [0.15, 0.2) is 0 Å². The van der Waals surface area contributed by atoms with Gasteiger partial charge in [-0.3, -0.25) is 0 Å². The Morgan fingerprint density at radius 2 is 2.06 bits per heavy atom. The Morgan fingerprint density at radius 3 is 2.62 bits per heavy atom. The Labute approximate surface area is 97.5 Å². The van der Waals surface area contributed by atoms with Crippen LogP contribution in [0.1, 0.15) is 50.8 Å². The number of hydrogen-bond donors (Lipinski definition) is 1. The van der Waals surface area contributed by atoms with Crippen molar-refractivity contribution < 1.29 is 5.11 Å². The van der Waals surface area contributed by atoms with Gasteiger partial charge in [0, 0.05) is 0 Å². The van der Waals surface area contributed by atoms with Crippen molar-refractivity contribution in [3.05, 3.63) is 35.4 Å². The average molecular weight is 217 g/mol. The van der Waals surface area contributed by atoms with E-state index in [1.54, 1.807) is 12.1 Å². The highest BCUT2D eigenvalue weighted by molar-refractivity contribution is 5.33. The molecule has 0 fully saturated rings. The predicted molar refractivity (Wildman–Crippen MR) is 64.8 cm³/mol. The predicted octanol–water partition coefficient (Wildman–Crippen LogP) is 3.42. The highest BCUT2D eigenvalue weighted by Crippen LogP contribution is 2.27. The first kappa shape index (κ1) is 12.7. The van der Waals surface area contributed by atoms with Crippen molar-refractivity contribution in [1.82, 2.24) is 0 Å². The summed E-state index contributed by atoms with van der Waals surface area (Å²) in [5.74, 6) is 0. The lowest BCUT2D eigenvalue weighted by Crippen LogP contribution is -2.08. The van der Waals surface area contributed by atoms with Crippen LogP contribution in [0, 0.1) is 16.7 Å². The van der Waals surface area contributed by atoms with Crippen molar-refractivity contribution in [2.75, 3.05) is 0 Å². The number of nitriles is 1. The van der Waals surface area contributed by atoms with E-state index in [1.165, 1.54) is 0 Å². The molecule has 0 saturated carbocycles. The summed E-state index contributed by atoms with van der Waals surface area (Å²) in [4.78, 5) is 0. The van der Waals surface area contributed by atoms with Gasteiger partial charge >= 0.3 is 0 Å². The Balaban J connectivity index is 2.66. The van der Waals surface area contributed by atoms with Gasteiger partial charge in [0.1, 0.15) is 0 Å². The van der Waals surface area contributed by atoms with Crippen LogP contribution in [0.5, 0.6) is 0 Å². The van der Waals surface area contributed by atoms with Crippen molar-refractivity contribution in [3.8, 4) is 6.07 Å². The van der Waals surface area contributed by atoms with Crippen LogP contribution >= 0.6 is 0 Å². The number of rotatable bonds is 3. The second-order valence-electron chi connectivity index (χ2n) is 5.35. The summed E-state index contributed by atoms with van der Waals surface area (Å²) < 4.78 is 0. The number of nitrogens with zero attached hydrogens (tertiary/aromatic N) is 1. The van der Waals surface area contributed by atoms with Gasteiger partial charge in [-0.25, -0.2) is 0 Å². The number of benzene rings is 1. The van der Waals surface area contributed by atoms with Gasteiger partial charge in [-0.05, 0) is 36.0 Å². The van der Waals surface area contributed by atoms with Crippen molar-refractivity contribution in [2.24, 2.45) is 5.41 Å². The van der Waals surface area contributed by atoms with Crippen LogP contribution in [-0.2, 0) is 0 Å². The lowest BCUT2D eigenvalue weighted by atomic mass is 9.88. The number of aliphatic hydroxyl groups is 1. The Kier molecular flexibility index (Phi) is 4.09. The van der Waals surface area contributed by atoms with Gasteiger partial charge in [-0.2, -0.15) is 5.26 Å². The highest BCUT2D eigenvalue weighted by Gasteiger charge is 2.14. The van der Waals surface area contributed by atoms with E-state index in [0.29, 0.717) is 5.56 Å². The maximum absolute atomic E-state index is 9.99. The molecule has 2 heteroatoms. The van der Waals surface area contributed by atoms with Crippen LogP contribution in [0.25, 0.3) is 0 Å². The van der Waals surface area contributed by atoms with Crippen molar-refractivity contribution in [2.45, 2.75) is 39.7 Å². The summed E-state index contributed by atoms with van der Waals surface area (Å²) in [6, 6.07) is 9.27. The number of aliphatic hydroxyl groups excluding tert-OH is 1. The molecule has 0 amide bonds. The largest absolute Gasteiger partial charge is 0.388 e. The van der Waals surface area contributed by atoms with Gasteiger partial charge < -0.3 is 5.11 Å². The van der Waals surface area contributed by atoms with Crippen LogP contribution in [0.15, 0.2) is 24.3 Å². The SMILES string of the molecule is CC(C)(C)CCC(O)c1cccc(C#N)c1. The van der Waals surface area contributed by atoms with E-state index < -0.39 is 6.10 Å². The molecule has 0 spiro atoms. The molecule has 1 aromatic carbocycles. The van der Waals surface area contributed by atoms with Crippen LogP contribution in [-0.4, -0.2) is 5.11 Å². The highest BCUT2D eigenvalue weighted by atomic mass is 16.3. The molecule has 0 bridgehead atoms. The molecule has 2 nitrogen and oxygen atoms in total. The molecule has 0 radical (unpaired) electrons. The standard InChI is InChI=1S/C14H19NO/c1-14(2,3)8-7-13(16)12-6-4-5-11(9-12)10-15/h4-6,9,13,16H,7-8H2,1-3H3. The first-order chi connectivity index (χ1) is 7.42. The van der Waals surface area contributed by atoms with Gasteiger partial charge in [0.2, 0.25) is 0 Å². The van der Waals surface area contributed by atoms with Crippen LogP contribution in [0.2, 0.25) is 0 Å². The second-order valence-corrected chi connectivity index (χ2v) is 5.35. The molecular formula is C14H19NO. The molecule has 1 unspecified atom stereocenters. The molecule has 0 aliphatic rings. The van der Waals surface area contributed by atoms with Crippen LogP contribution in [0.3, 0.4) is 0 Å². The third-order valence-corrected chi connectivity index (χ3v) is 2.57. The molecule has 1 aromatic rings. The van der Waals surface area contributed by atoms with E-state index in [4.69, 9.17) is 5.26 Å². The zero-order valence-electron chi connectivity index (χ0n) is 10.2. The zero-order valence-corrected chi connectivity index (χ0v) is 10.2. The van der Waals surface area contributed by atoms with E-state index in [9.17, 15) is 5.11 Å². The van der Waals surface area contributed by atoms with E-state index in [0.717, 1.165) is 18.4 Å². The van der Waals surface area contributed by atoms with Crippen molar-refractivity contribution in [1.29, 1.82) is 5.26 Å². The molecule has 1 N–H and O–H groups in total. The first-order valence-corrected chi connectivity index (χ1v) is 5.60. The zero-order chi connectivity index (χ0) is 12.2. The molecule has 86 valence electrons. The third kappa shape index (κ3) is 4.04. The topological polar surface area (TPSA) is 44.0 Å². The van der Waals surface area contributed by atoms with Gasteiger partial charge in [-0.1, -0.05) is 32.9 Å². The molecule has 16 heavy (non-hydrogen) atoms. The minimum atomic E-state index is -0.465. The van der Waals surface area contributed by atoms with Gasteiger partial charge in [-0.15, -0.1) is 0 Å². The van der Waals surface area contributed by atoms with E-state index in [2.05, 4.69) is 26.8 Å². The third-order valence-electron chi connectivity index (χ3n) is 2.57. The number of hydrogen-bond acceptors (Lipinski definition) is 2. The molecule has 0 heterocycles. The fourth-order valence-electron chi connectivity index (χ4n) is 1.55. The minimum absolute atomic E-state index is 0.230. The first-order valence-electron chi connectivity index (χ1n) is 5.60. The Morgan fingerprint density at radius 1 is 1.38 bits per heavy atom. The van der Waals surface area contributed by atoms with Crippen molar-refractivity contribution >= 4 is 0 Å². The fourth-order valence-corrected chi connectivity index (χ4v) is 1.55. The monoisotopic (exact) mass is 217 g/mol. The summed E-state index contributed by atoms with van der Waals surface area (Å²) in [5, 5.41) is 18.8. The molecular weight excluding hydrogens is 198 g/mol. The van der Waals surface area contributed by atoms with E-state index >= 15 is 0 Å². The lowest BCUT2D eigenvalue weighted by Gasteiger charge is -2.20. The molecule has 0 aliphatic carbocycles. The van der Waals surface area contributed by atoms with Gasteiger partial charge in [0.25, 0.3) is 0 Å². The lowest BCUT2D eigenvalue weighted by molar-refractivity contribution is 0.147. The smallest absolute Gasteiger partial charge is 0.0991 e. The van der Waals surface area contributed by atoms with Gasteiger partial charge in [0.05, 0.1) is 17.7 Å². The summed E-state index contributed by atoms with van der Waals surface area (Å²) >= 11 is 0. The molecule has 1 rings (SSSR count). The Hall–Kier alpha value is -1.33. The van der Waals surface area contributed by atoms with Crippen LogP contribution in [0.4, 0.5) is 0 Å². The minimum Gasteiger partial charge on any atom is -0.388 e. The molecule has 0 aliphatic heterocycles. The average Bonchev–Trinajstić information content (AvgIpc) is 2.25. The summed E-state index contributed by atoms with van der Waals surface area (Å²) in [7, 11) is 0. The fraction of sp³-hybridized carbons (Fsp3) is 0.500. The Bertz CT molecular complexity index is 384. The maximum Gasteiger partial charge on any atom is 0.0991 e. The molecule has 0 aromatic heterocycles. The summed E-state index contributed by atoms with van der Waals surface area (Å²) in [6.07, 6.45) is 1.23. The normalized spacial score (nSPS) is 13.2. The molecule has 1 atom stereocenters. The van der Waals surface area contributed by atoms with Crippen LogP contribution < -0.4 is 0 Å². The van der Waals surface area contributed by atoms with Crippen molar-refractivity contribution in [3.63, 3.8) is 0 Å². The maximum atomic E-state index is 9.99. The summed E-state index contributed by atoms with van der Waals surface area (Å²) in [6.45, 7) is 6.47. The quantitative estimate of drug-likeness (QED) is 0.843. The molecule has 0 saturated heterocycles. The summed E-state index contributed by atoms with van der Waals surface area (Å²) in [5.41, 5.74) is 1.67.